The number of carbonyl (C=O) groups excluding carboxylic acids is 1. The number of benzene rings is 2. The Morgan fingerprint density at radius 2 is 1.67 bits per heavy atom. The minimum atomic E-state index is -4.20. The average Bonchev–Trinajstić information content (AvgIpc) is 3.13. The van der Waals surface area contributed by atoms with Crippen molar-refractivity contribution >= 4 is 31.6 Å². The van der Waals surface area contributed by atoms with Crippen LogP contribution >= 0.6 is 0 Å². The van der Waals surface area contributed by atoms with E-state index in [-0.39, 0.29) is 27.8 Å². The smallest absolute Gasteiger partial charge is 0.358 e. The Labute approximate surface area is 193 Å². The predicted octanol–water partition coefficient (Wildman–Crippen LogP) is 3.26. The van der Waals surface area contributed by atoms with E-state index in [0.717, 1.165) is 12.7 Å². The SMILES string of the molecule is COC(=O)[C@]1(S(=O)(=O)c2ccccc2)C[C@@H]2CC/C(=N\OS(=O)(=O)c3ccc(C)cc3)[C@H]1C2. The lowest BCUT2D eigenvalue weighted by molar-refractivity contribution is -0.144. The van der Waals surface area contributed by atoms with E-state index in [0.29, 0.717) is 19.3 Å². The van der Waals surface area contributed by atoms with E-state index < -0.39 is 36.6 Å². The molecule has 0 N–H and O–H groups in total. The van der Waals surface area contributed by atoms with Crippen molar-refractivity contribution in [2.45, 2.75) is 47.1 Å². The number of carbonyl (C=O) groups is 1. The van der Waals surface area contributed by atoms with Crippen LogP contribution in [0.25, 0.3) is 0 Å². The second kappa shape index (κ2) is 8.57. The fourth-order valence-corrected chi connectivity index (χ4v) is 7.95. The molecule has 0 radical (unpaired) electrons. The molecule has 2 bridgehead atoms. The zero-order valence-corrected chi connectivity index (χ0v) is 19.9. The van der Waals surface area contributed by atoms with Gasteiger partial charge < -0.3 is 4.74 Å². The monoisotopic (exact) mass is 491 g/mol. The van der Waals surface area contributed by atoms with Crippen molar-refractivity contribution in [3.05, 3.63) is 60.2 Å². The molecule has 33 heavy (non-hydrogen) atoms. The van der Waals surface area contributed by atoms with Gasteiger partial charge in [-0.3, -0.25) is 9.08 Å². The van der Waals surface area contributed by atoms with Gasteiger partial charge in [0.25, 0.3) is 0 Å². The van der Waals surface area contributed by atoms with Crippen LogP contribution in [0.5, 0.6) is 0 Å². The highest BCUT2D eigenvalue weighted by atomic mass is 32.2. The molecule has 0 spiro atoms. The number of nitrogens with zero attached hydrogens (tertiary/aromatic N) is 1. The summed E-state index contributed by atoms with van der Waals surface area (Å²) in [5, 5.41) is 3.91. The van der Waals surface area contributed by atoms with Gasteiger partial charge in [-0.15, -0.1) is 0 Å². The van der Waals surface area contributed by atoms with E-state index in [4.69, 9.17) is 9.02 Å². The summed E-state index contributed by atoms with van der Waals surface area (Å²) in [6.45, 7) is 1.83. The van der Waals surface area contributed by atoms with Gasteiger partial charge in [-0.1, -0.05) is 41.1 Å². The summed E-state index contributed by atoms with van der Waals surface area (Å²) in [6.07, 6.45) is 1.38. The second-order valence-corrected chi connectivity index (χ2v) is 12.3. The first kappa shape index (κ1) is 23.4. The zero-order valence-electron chi connectivity index (χ0n) is 18.3. The van der Waals surface area contributed by atoms with Crippen molar-refractivity contribution in [1.29, 1.82) is 0 Å². The molecule has 2 aromatic rings. The van der Waals surface area contributed by atoms with Gasteiger partial charge in [0.05, 0.1) is 17.7 Å². The van der Waals surface area contributed by atoms with Gasteiger partial charge >= 0.3 is 16.1 Å². The van der Waals surface area contributed by atoms with Crippen molar-refractivity contribution in [1.82, 2.24) is 0 Å². The van der Waals surface area contributed by atoms with E-state index in [9.17, 15) is 21.6 Å². The maximum Gasteiger partial charge on any atom is 0.358 e. The van der Waals surface area contributed by atoms with Crippen molar-refractivity contribution in [3.8, 4) is 0 Å². The highest BCUT2D eigenvalue weighted by Crippen LogP contribution is 2.53. The van der Waals surface area contributed by atoms with Crippen LogP contribution < -0.4 is 0 Å². The van der Waals surface area contributed by atoms with E-state index in [2.05, 4.69) is 5.16 Å². The average molecular weight is 492 g/mol. The number of fused-ring (bicyclic) bond motifs is 2. The Morgan fingerprint density at radius 1 is 1.00 bits per heavy atom. The van der Waals surface area contributed by atoms with Crippen LogP contribution in [-0.2, 0) is 33.8 Å². The molecule has 0 heterocycles. The predicted molar refractivity (Wildman–Crippen MR) is 121 cm³/mol. The molecule has 0 aromatic heterocycles. The molecule has 0 amide bonds. The highest BCUT2D eigenvalue weighted by molar-refractivity contribution is 7.93. The summed E-state index contributed by atoms with van der Waals surface area (Å²) in [7, 11) is -7.21. The first-order valence-electron chi connectivity index (χ1n) is 10.6. The van der Waals surface area contributed by atoms with Gasteiger partial charge in [0.1, 0.15) is 4.90 Å². The van der Waals surface area contributed by atoms with Crippen LogP contribution in [0.15, 0.2) is 69.5 Å². The molecular formula is C23H25NO7S2. The molecule has 4 rings (SSSR count). The highest BCUT2D eigenvalue weighted by Gasteiger charge is 2.65. The van der Waals surface area contributed by atoms with Crippen LogP contribution in [0.2, 0.25) is 0 Å². The number of hydrogen-bond donors (Lipinski definition) is 0. The minimum Gasteiger partial charge on any atom is -0.468 e. The number of methoxy groups -OCH3 is 1. The molecule has 8 nitrogen and oxygen atoms in total. The molecule has 0 unspecified atom stereocenters. The van der Waals surface area contributed by atoms with Crippen molar-refractivity contribution < 1.29 is 30.7 Å². The largest absolute Gasteiger partial charge is 0.468 e. The lowest BCUT2D eigenvalue weighted by Crippen LogP contribution is -2.52. The third-order valence-electron chi connectivity index (χ3n) is 6.56. The van der Waals surface area contributed by atoms with Crippen molar-refractivity contribution in [3.63, 3.8) is 0 Å². The number of ether oxygens (including phenoxy) is 1. The summed E-state index contributed by atoms with van der Waals surface area (Å²) in [6, 6.07) is 13.9. The fraction of sp³-hybridized carbons (Fsp3) is 0.391. The molecule has 10 heteroatoms. The quantitative estimate of drug-likeness (QED) is 0.450. The van der Waals surface area contributed by atoms with Gasteiger partial charge in [0, 0.05) is 5.92 Å². The van der Waals surface area contributed by atoms with Gasteiger partial charge in [0.15, 0.2) is 14.6 Å². The lowest BCUT2D eigenvalue weighted by Gasteiger charge is -2.32. The number of rotatable bonds is 6. The maximum atomic E-state index is 13.8. The molecule has 2 fully saturated rings. The summed E-state index contributed by atoms with van der Waals surface area (Å²) < 4.78 is 60.9. The molecular weight excluding hydrogens is 466 g/mol. The second-order valence-electron chi connectivity index (χ2n) is 8.52. The number of hydrogen-bond acceptors (Lipinski definition) is 8. The summed E-state index contributed by atoms with van der Waals surface area (Å²) >= 11 is 0. The van der Waals surface area contributed by atoms with Crippen LogP contribution in [-0.4, -0.2) is 40.4 Å². The Morgan fingerprint density at radius 3 is 2.30 bits per heavy atom. The minimum absolute atomic E-state index is 0.00972. The van der Waals surface area contributed by atoms with E-state index >= 15 is 0 Å². The third-order valence-corrected chi connectivity index (χ3v) is 10.2. The molecule has 2 aliphatic carbocycles. The Kier molecular flexibility index (Phi) is 6.09. The Bertz CT molecular complexity index is 1290. The van der Waals surface area contributed by atoms with Crippen LogP contribution in [0.1, 0.15) is 31.2 Å². The first-order chi connectivity index (χ1) is 15.6. The van der Waals surface area contributed by atoms with Crippen molar-refractivity contribution in [2.24, 2.45) is 17.0 Å². The fourth-order valence-electron chi connectivity index (χ4n) is 4.90. The lowest BCUT2D eigenvalue weighted by atomic mass is 9.85. The molecule has 0 saturated heterocycles. The topological polar surface area (TPSA) is 116 Å². The third kappa shape index (κ3) is 3.95. The Balaban J connectivity index is 1.75. The van der Waals surface area contributed by atoms with Crippen LogP contribution in [0.4, 0.5) is 0 Å². The van der Waals surface area contributed by atoms with Crippen LogP contribution in [0.3, 0.4) is 0 Å². The molecule has 3 atom stereocenters. The van der Waals surface area contributed by atoms with Crippen LogP contribution in [0, 0.1) is 18.8 Å². The molecule has 2 aromatic carbocycles. The van der Waals surface area contributed by atoms with E-state index in [1.165, 1.54) is 24.3 Å². The van der Waals surface area contributed by atoms with Crippen molar-refractivity contribution in [2.75, 3.05) is 7.11 Å². The zero-order chi connectivity index (χ0) is 23.9. The van der Waals surface area contributed by atoms with Gasteiger partial charge in [-0.25, -0.2) is 8.42 Å². The summed E-state index contributed by atoms with van der Waals surface area (Å²) in [5.74, 6) is -1.74. The molecule has 0 aliphatic heterocycles. The number of esters is 1. The molecule has 2 aliphatic rings. The van der Waals surface area contributed by atoms with E-state index in [1.54, 1.807) is 30.3 Å². The Hall–Kier alpha value is -2.72. The van der Waals surface area contributed by atoms with Gasteiger partial charge in [-0.05, 0) is 62.8 Å². The summed E-state index contributed by atoms with van der Waals surface area (Å²) in [5.41, 5.74) is 1.13. The maximum absolute atomic E-state index is 13.8. The number of sulfone groups is 1. The van der Waals surface area contributed by atoms with Gasteiger partial charge in [-0.2, -0.15) is 8.42 Å². The molecule has 2 saturated carbocycles. The normalized spacial score (nSPS) is 26.2. The standard InChI is InChI=1S/C23H25NO7S2/c1-16-8-11-19(12-9-16)33(28,29)31-24-21-13-10-17-14-20(21)23(15-17,22(25)30-2)32(26,27)18-6-4-3-5-7-18/h3-9,11-12,17,20H,10,13-15H2,1-2H3/b24-21+/t17-,20-,23+/m1/s1. The van der Waals surface area contributed by atoms with E-state index in [1.807, 2.05) is 6.92 Å². The summed E-state index contributed by atoms with van der Waals surface area (Å²) in [4.78, 5) is 13.0. The van der Waals surface area contributed by atoms with Gasteiger partial charge in [0.2, 0.25) is 0 Å². The number of aryl methyl sites for hydroxylation is 1. The molecule has 176 valence electrons. The number of oxime groups is 1. The first-order valence-corrected chi connectivity index (χ1v) is 13.5.